The highest BCUT2D eigenvalue weighted by Crippen LogP contribution is 2.40. The smallest absolute Gasteiger partial charge is 0.374 e. The van der Waals surface area contributed by atoms with Gasteiger partial charge in [0, 0.05) is 11.4 Å². The van der Waals surface area contributed by atoms with Crippen LogP contribution in [0.1, 0.15) is 25.8 Å². The van der Waals surface area contributed by atoms with Gasteiger partial charge in [-0.15, -0.1) is 0 Å². The maximum atomic E-state index is 12.7. The summed E-state index contributed by atoms with van der Waals surface area (Å²) in [4.78, 5) is 10.6. The standard InChI is InChI=1S/C13H14ClF3O2/c1-11(2,9-3-5-10(14)6-4-9)7-12(19,8-18)13(15,16)17/h3-6,8,19H,7H2,1-2H3/t12-/m1/s1. The first kappa shape index (κ1) is 16.0. The van der Waals surface area contributed by atoms with E-state index in [0.717, 1.165) is 0 Å². The van der Waals surface area contributed by atoms with Crippen molar-refractivity contribution in [2.75, 3.05) is 0 Å². The van der Waals surface area contributed by atoms with Gasteiger partial charge in [-0.2, -0.15) is 13.2 Å². The van der Waals surface area contributed by atoms with Crippen molar-refractivity contribution < 1.29 is 23.1 Å². The molecule has 0 aromatic heterocycles. The summed E-state index contributed by atoms with van der Waals surface area (Å²) in [6.45, 7) is 3.05. The monoisotopic (exact) mass is 294 g/mol. The predicted molar refractivity (Wildman–Crippen MR) is 66.2 cm³/mol. The highest BCUT2D eigenvalue weighted by atomic mass is 35.5. The number of halogens is 4. The van der Waals surface area contributed by atoms with E-state index >= 15 is 0 Å². The van der Waals surface area contributed by atoms with Crippen LogP contribution in [0.5, 0.6) is 0 Å². The van der Waals surface area contributed by atoms with E-state index in [2.05, 4.69) is 0 Å². The van der Waals surface area contributed by atoms with Crippen LogP contribution in [-0.2, 0) is 10.2 Å². The number of benzene rings is 1. The Hall–Kier alpha value is -1.07. The molecule has 1 aromatic rings. The number of rotatable bonds is 4. The number of alkyl halides is 3. The lowest BCUT2D eigenvalue weighted by atomic mass is 9.75. The molecular weight excluding hydrogens is 281 g/mol. The van der Waals surface area contributed by atoms with E-state index in [4.69, 9.17) is 11.6 Å². The van der Waals surface area contributed by atoms with Gasteiger partial charge in [0.2, 0.25) is 5.60 Å². The van der Waals surface area contributed by atoms with Crippen molar-refractivity contribution in [1.29, 1.82) is 0 Å². The largest absolute Gasteiger partial charge is 0.424 e. The molecule has 0 amide bonds. The molecule has 6 heteroatoms. The Morgan fingerprint density at radius 3 is 2.05 bits per heavy atom. The van der Waals surface area contributed by atoms with Crippen molar-refractivity contribution in [2.45, 2.75) is 37.5 Å². The van der Waals surface area contributed by atoms with Crippen molar-refractivity contribution in [2.24, 2.45) is 0 Å². The molecule has 1 rings (SSSR count). The Balaban J connectivity index is 3.08. The fourth-order valence-corrected chi connectivity index (χ4v) is 2.01. The second kappa shape index (κ2) is 5.13. The maximum Gasteiger partial charge on any atom is 0.424 e. The normalized spacial score (nSPS) is 15.9. The quantitative estimate of drug-likeness (QED) is 0.863. The van der Waals surface area contributed by atoms with Gasteiger partial charge in [0.25, 0.3) is 0 Å². The molecule has 0 saturated heterocycles. The minimum Gasteiger partial charge on any atom is -0.374 e. The van der Waals surface area contributed by atoms with E-state index in [9.17, 15) is 23.1 Å². The number of hydrogen-bond donors (Lipinski definition) is 1. The lowest BCUT2D eigenvalue weighted by molar-refractivity contribution is -0.250. The van der Waals surface area contributed by atoms with Gasteiger partial charge in [-0.1, -0.05) is 37.6 Å². The Morgan fingerprint density at radius 2 is 1.68 bits per heavy atom. The van der Waals surface area contributed by atoms with Crippen LogP contribution in [0.3, 0.4) is 0 Å². The van der Waals surface area contributed by atoms with Gasteiger partial charge in [-0.25, -0.2) is 0 Å². The first-order chi connectivity index (χ1) is 8.52. The van der Waals surface area contributed by atoms with Crippen molar-refractivity contribution in [3.05, 3.63) is 34.9 Å². The molecular formula is C13H14ClF3O2. The van der Waals surface area contributed by atoms with Gasteiger partial charge in [-0.05, 0) is 23.1 Å². The van der Waals surface area contributed by atoms with E-state index in [0.29, 0.717) is 10.6 Å². The molecule has 0 aliphatic rings. The van der Waals surface area contributed by atoms with Crippen LogP contribution in [0.25, 0.3) is 0 Å². The van der Waals surface area contributed by atoms with Gasteiger partial charge in [0.05, 0.1) is 0 Å². The number of aldehydes is 1. The molecule has 1 atom stereocenters. The predicted octanol–water partition coefficient (Wildman–Crippen LogP) is 3.50. The van der Waals surface area contributed by atoms with Gasteiger partial charge in [0.1, 0.15) is 0 Å². The van der Waals surface area contributed by atoms with E-state index < -0.39 is 29.9 Å². The fraction of sp³-hybridized carbons (Fsp3) is 0.462. The Bertz CT molecular complexity index is 454. The third-order valence-corrected chi connectivity index (χ3v) is 3.27. The molecule has 0 bridgehead atoms. The summed E-state index contributed by atoms with van der Waals surface area (Å²) in [5.41, 5.74) is -3.83. The summed E-state index contributed by atoms with van der Waals surface area (Å²) in [5, 5.41) is 9.95. The molecule has 0 aliphatic carbocycles. The van der Waals surface area contributed by atoms with Crippen molar-refractivity contribution in [1.82, 2.24) is 0 Å². The number of aliphatic hydroxyl groups is 1. The zero-order valence-electron chi connectivity index (χ0n) is 10.5. The number of carbonyl (C=O) groups is 1. The highest BCUT2D eigenvalue weighted by Gasteiger charge is 2.56. The van der Waals surface area contributed by atoms with E-state index in [1.54, 1.807) is 24.3 Å². The molecule has 106 valence electrons. The lowest BCUT2D eigenvalue weighted by Gasteiger charge is -2.34. The Morgan fingerprint density at radius 1 is 1.21 bits per heavy atom. The van der Waals surface area contributed by atoms with Crippen molar-refractivity contribution in [3.63, 3.8) is 0 Å². The van der Waals surface area contributed by atoms with Crippen LogP contribution in [0.15, 0.2) is 24.3 Å². The second-order valence-electron chi connectivity index (χ2n) is 5.11. The molecule has 1 aromatic carbocycles. The molecule has 0 aliphatic heterocycles. The minimum absolute atomic E-state index is 0.454. The third kappa shape index (κ3) is 3.48. The molecule has 0 heterocycles. The van der Waals surface area contributed by atoms with E-state index in [1.165, 1.54) is 13.8 Å². The van der Waals surface area contributed by atoms with E-state index in [1.807, 2.05) is 0 Å². The van der Waals surface area contributed by atoms with Gasteiger partial charge in [0.15, 0.2) is 6.29 Å². The van der Waals surface area contributed by atoms with Crippen LogP contribution in [0, 0.1) is 0 Å². The Labute approximate surface area is 114 Å². The zero-order chi connectivity index (χ0) is 14.9. The van der Waals surface area contributed by atoms with Gasteiger partial charge >= 0.3 is 6.18 Å². The average Bonchev–Trinajstić information content (AvgIpc) is 2.27. The molecule has 19 heavy (non-hydrogen) atoms. The molecule has 0 fully saturated rings. The third-order valence-electron chi connectivity index (χ3n) is 3.02. The first-order valence-corrected chi connectivity index (χ1v) is 5.91. The van der Waals surface area contributed by atoms with Crippen LogP contribution < -0.4 is 0 Å². The topological polar surface area (TPSA) is 37.3 Å². The Kier molecular flexibility index (Phi) is 4.32. The molecule has 0 spiro atoms. The summed E-state index contributed by atoms with van der Waals surface area (Å²) in [5.74, 6) is 0. The summed E-state index contributed by atoms with van der Waals surface area (Å²) in [7, 11) is 0. The van der Waals surface area contributed by atoms with Crippen LogP contribution in [-0.4, -0.2) is 23.2 Å². The summed E-state index contributed by atoms with van der Waals surface area (Å²) in [6, 6.07) is 6.24. The summed E-state index contributed by atoms with van der Waals surface area (Å²) >= 11 is 5.71. The SMILES string of the molecule is CC(C)(C[C@@](O)(C=O)C(F)(F)F)c1ccc(Cl)cc1. The van der Waals surface area contributed by atoms with E-state index in [-0.39, 0.29) is 0 Å². The molecule has 0 saturated carbocycles. The summed E-state index contributed by atoms with van der Waals surface area (Å²) < 4.78 is 38.1. The first-order valence-electron chi connectivity index (χ1n) is 5.53. The fourth-order valence-electron chi connectivity index (χ4n) is 1.89. The van der Waals surface area contributed by atoms with Crippen LogP contribution in [0.4, 0.5) is 13.2 Å². The van der Waals surface area contributed by atoms with Gasteiger partial charge < -0.3 is 5.11 Å². The highest BCUT2D eigenvalue weighted by molar-refractivity contribution is 6.30. The lowest BCUT2D eigenvalue weighted by Crippen LogP contribution is -2.50. The van der Waals surface area contributed by atoms with Crippen LogP contribution >= 0.6 is 11.6 Å². The van der Waals surface area contributed by atoms with Crippen molar-refractivity contribution >= 4 is 17.9 Å². The molecule has 0 radical (unpaired) electrons. The molecule has 0 unspecified atom stereocenters. The maximum absolute atomic E-state index is 12.7. The second-order valence-corrected chi connectivity index (χ2v) is 5.54. The number of carbonyl (C=O) groups excluding carboxylic acids is 1. The zero-order valence-corrected chi connectivity index (χ0v) is 11.2. The molecule has 2 nitrogen and oxygen atoms in total. The molecule has 1 N–H and O–H groups in total. The van der Waals surface area contributed by atoms with Crippen LogP contribution in [0.2, 0.25) is 5.02 Å². The van der Waals surface area contributed by atoms with Gasteiger partial charge in [-0.3, -0.25) is 4.79 Å². The summed E-state index contributed by atoms with van der Waals surface area (Å²) in [6.07, 6.45) is -6.21. The number of hydrogen-bond acceptors (Lipinski definition) is 2. The minimum atomic E-state index is -5.00. The van der Waals surface area contributed by atoms with Crippen molar-refractivity contribution in [3.8, 4) is 0 Å². The average molecular weight is 295 g/mol.